The highest BCUT2D eigenvalue weighted by molar-refractivity contribution is 7.16. The van der Waals surface area contributed by atoms with Gasteiger partial charge in [-0.05, 0) is 40.3 Å². The summed E-state index contributed by atoms with van der Waals surface area (Å²) in [5.41, 5.74) is 8.04. The van der Waals surface area contributed by atoms with Crippen molar-refractivity contribution in [3.8, 4) is 16.8 Å². The summed E-state index contributed by atoms with van der Waals surface area (Å²) in [6, 6.07) is 32.9. The molecule has 0 fully saturated rings. The Morgan fingerprint density at radius 1 is 0.677 bits per heavy atom. The summed E-state index contributed by atoms with van der Waals surface area (Å²) < 4.78 is 3.63. The van der Waals surface area contributed by atoms with Crippen molar-refractivity contribution in [1.29, 1.82) is 0 Å². The molecule has 0 amide bonds. The average Bonchev–Trinajstić information content (AvgIpc) is 3.34. The van der Waals surface area contributed by atoms with Crippen molar-refractivity contribution in [2.24, 2.45) is 0 Å². The second-order valence-corrected chi connectivity index (χ2v) is 9.61. The molecule has 0 spiro atoms. The van der Waals surface area contributed by atoms with E-state index in [1.54, 1.807) is 11.3 Å². The maximum Gasteiger partial charge on any atom is 0.0610 e. The molecule has 0 atom stereocenters. The summed E-state index contributed by atoms with van der Waals surface area (Å²) >= 11 is 1.78. The predicted molar refractivity (Wildman–Crippen MR) is 134 cm³/mol. The van der Waals surface area contributed by atoms with Gasteiger partial charge in [0.1, 0.15) is 0 Å². The average molecular weight is 418 g/mol. The highest BCUT2D eigenvalue weighted by Gasteiger charge is 2.36. The Bertz CT molecular complexity index is 1510. The van der Waals surface area contributed by atoms with Gasteiger partial charge in [0.25, 0.3) is 0 Å². The Morgan fingerprint density at radius 2 is 1.42 bits per heavy atom. The topological polar surface area (TPSA) is 4.93 Å². The van der Waals surface area contributed by atoms with Gasteiger partial charge in [-0.25, -0.2) is 0 Å². The fourth-order valence-corrected chi connectivity index (χ4v) is 5.84. The molecular formula is C29H23NS. The third kappa shape index (κ3) is 2.75. The van der Waals surface area contributed by atoms with Crippen LogP contribution in [0.3, 0.4) is 0 Å². The van der Waals surface area contributed by atoms with Crippen molar-refractivity contribution in [1.82, 2.24) is 4.57 Å². The van der Waals surface area contributed by atoms with Gasteiger partial charge in [0.05, 0.1) is 11.2 Å². The smallest absolute Gasteiger partial charge is 0.0610 e. The molecule has 3 aromatic carbocycles. The number of aromatic nitrogens is 1. The molecule has 0 unspecified atom stereocenters. The lowest BCUT2D eigenvalue weighted by Gasteiger charge is -2.21. The van der Waals surface area contributed by atoms with Crippen molar-refractivity contribution in [3.63, 3.8) is 0 Å². The lowest BCUT2D eigenvalue weighted by molar-refractivity contribution is 0.661. The van der Waals surface area contributed by atoms with Crippen LogP contribution >= 0.6 is 11.3 Å². The lowest BCUT2D eigenvalue weighted by atomic mass is 9.82. The summed E-state index contributed by atoms with van der Waals surface area (Å²) in [5.74, 6) is 0. The van der Waals surface area contributed by atoms with Crippen molar-refractivity contribution in [3.05, 3.63) is 114 Å². The standard InChI is InChI=1S/C29H23NS/c1-29(2)24-13-7-6-12-23(24)27-25(29)16-15-21-17-18-30(28(21)27)22-11-5-3-9-20-10-4-8-14-26(20)31-19-22/h3-19H,1-2H3. The molecule has 1 aliphatic carbocycles. The van der Waals surface area contributed by atoms with Gasteiger partial charge in [-0.1, -0.05) is 86.6 Å². The van der Waals surface area contributed by atoms with E-state index in [4.69, 9.17) is 0 Å². The Kier molecular flexibility index (Phi) is 4.06. The monoisotopic (exact) mass is 417 g/mol. The number of fused-ring (bicyclic) bond motifs is 6. The number of benzene rings is 3. The molecule has 1 aliphatic rings. The van der Waals surface area contributed by atoms with E-state index in [2.05, 4.69) is 121 Å². The highest BCUT2D eigenvalue weighted by atomic mass is 32.1. The first kappa shape index (κ1) is 18.4. The zero-order chi connectivity index (χ0) is 21.0. The number of hydrogen-bond acceptors (Lipinski definition) is 1. The molecule has 0 bridgehead atoms. The highest BCUT2D eigenvalue weighted by Crippen LogP contribution is 2.51. The van der Waals surface area contributed by atoms with Crippen LogP contribution in [0.5, 0.6) is 0 Å². The molecule has 6 rings (SSSR count). The van der Waals surface area contributed by atoms with E-state index < -0.39 is 0 Å². The molecule has 0 N–H and O–H groups in total. The van der Waals surface area contributed by atoms with Gasteiger partial charge in [0.2, 0.25) is 0 Å². The van der Waals surface area contributed by atoms with Crippen LogP contribution in [-0.4, -0.2) is 4.57 Å². The van der Waals surface area contributed by atoms with Gasteiger partial charge in [-0.15, -0.1) is 11.3 Å². The zero-order valence-electron chi connectivity index (χ0n) is 17.7. The molecule has 150 valence electrons. The molecule has 1 nitrogen and oxygen atoms in total. The van der Waals surface area contributed by atoms with Crippen LogP contribution in [0.1, 0.15) is 25.0 Å². The second kappa shape index (κ2) is 6.83. The molecule has 0 saturated heterocycles. The minimum Gasteiger partial charge on any atom is -0.315 e. The SMILES string of the molecule is CC1(C)c2ccccc2-c2c1ccc1ccn(-c3ccccc4ccccc4sc3)c21. The van der Waals surface area contributed by atoms with E-state index in [1.165, 1.54) is 48.9 Å². The lowest BCUT2D eigenvalue weighted by Crippen LogP contribution is -2.14. The van der Waals surface area contributed by atoms with E-state index in [-0.39, 0.29) is 5.41 Å². The fourth-order valence-electron chi connectivity index (χ4n) is 4.97. The minimum absolute atomic E-state index is 0.00821. The minimum atomic E-state index is 0.00821. The summed E-state index contributed by atoms with van der Waals surface area (Å²) in [5, 5.41) is 4.80. The maximum atomic E-state index is 2.36. The molecule has 31 heavy (non-hydrogen) atoms. The Hall–Kier alpha value is -3.36. The van der Waals surface area contributed by atoms with Gasteiger partial charge < -0.3 is 4.57 Å². The van der Waals surface area contributed by atoms with Crippen molar-refractivity contribution < 1.29 is 0 Å². The second-order valence-electron chi connectivity index (χ2n) is 8.70. The van der Waals surface area contributed by atoms with Crippen LogP contribution in [0.15, 0.2) is 103 Å². The van der Waals surface area contributed by atoms with Gasteiger partial charge in [-0.3, -0.25) is 0 Å². The number of rotatable bonds is 1. The van der Waals surface area contributed by atoms with Crippen molar-refractivity contribution >= 4 is 32.3 Å². The van der Waals surface area contributed by atoms with E-state index in [1.807, 2.05) is 0 Å². The molecule has 0 radical (unpaired) electrons. The van der Waals surface area contributed by atoms with Crippen molar-refractivity contribution in [2.45, 2.75) is 19.3 Å². The van der Waals surface area contributed by atoms with Crippen LogP contribution in [-0.2, 0) is 5.41 Å². The predicted octanol–water partition coefficient (Wildman–Crippen LogP) is 8.28. The largest absolute Gasteiger partial charge is 0.315 e. The molecule has 2 heteroatoms. The molecule has 2 heterocycles. The zero-order valence-corrected chi connectivity index (χ0v) is 18.5. The van der Waals surface area contributed by atoms with E-state index in [0.717, 1.165) is 0 Å². The van der Waals surface area contributed by atoms with Crippen LogP contribution in [0.25, 0.3) is 37.8 Å². The first-order valence-corrected chi connectivity index (χ1v) is 11.6. The molecule has 0 saturated carbocycles. The quantitative estimate of drug-likeness (QED) is 0.259. The summed E-state index contributed by atoms with van der Waals surface area (Å²) in [7, 11) is 0. The molecule has 5 aromatic rings. The van der Waals surface area contributed by atoms with Crippen LogP contribution in [0.4, 0.5) is 0 Å². The van der Waals surface area contributed by atoms with Gasteiger partial charge in [-0.2, -0.15) is 0 Å². The summed E-state index contributed by atoms with van der Waals surface area (Å²) in [6.07, 6.45) is 2.21. The Balaban J connectivity index is 1.68. The fraction of sp³-hybridized carbons (Fsp3) is 0.103. The molecule has 0 aliphatic heterocycles. The van der Waals surface area contributed by atoms with Crippen molar-refractivity contribution in [2.75, 3.05) is 0 Å². The first-order valence-electron chi connectivity index (χ1n) is 10.7. The maximum absolute atomic E-state index is 2.36. The van der Waals surface area contributed by atoms with Crippen LogP contribution in [0, 0.1) is 0 Å². The van der Waals surface area contributed by atoms with Gasteiger partial charge >= 0.3 is 0 Å². The number of nitrogens with zero attached hydrogens (tertiary/aromatic N) is 1. The molecule has 2 aromatic heterocycles. The Morgan fingerprint density at radius 3 is 2.29 bits per heavy atom. The Labute approximate surface area is 186 Å². The van der Waals surface area contributed by atoms with Crippen LogP contribution < -0.4 is 0 Å². The van der Waals surface area contributed by atoms with E-state index in [0.29, 0.717) is 0 Å². The molecular weight excluding hydrogens is 394 g/mol. The normalized spacial score (nSPS) is 13.7. The third-order valence-electron chi connectivity index (χ3n) is 6.55. The number of hydrogen-bond donors (Lipinski definition) is 0. The summed E-state index contributed by atoms with van der Waals surface area (Å²) in [4.78, 5) is 0. The van der Waals surface area contributed by atoms with Gasteiger partial charge in [0.15, 0.2) is 0 Å². The van der Waals surface area contributed by atoms with E-state index >= 15 is 0 Å². The van der Waals surface area contributed by atoms with Crippen LogP contribution in [0.2, 0.25) is 0 Å². The summed E-state index contributed by atoms with van der Waals surface area (Å²) in [6.45, 7) is 4.68. The van der Waals surface area contributed by atoms with Gasteiger partial charge in [0, 0.05) is 32.6 Å². The third-order valence-corrected chi connectivity index (χ3v) is 7.54. The van der Waals surface area contributed by atoms with E-state index in [9.17, 15) is 0 Å². The first-order chi connectivity index (χ1) is 15.1.